The maximum atomic E-state index is 11.7. The molecule has 0 spiro atoms. The summed E-state index contributed by atoms with van der Waals surface area (Å²) in [5, 5.41) is 0. The highest BCUT2D eigenvalue weighted by atomic mass is 16.1. The first-order valence-corrected chi connectivity index (χ1v) is 7.56. The van der Waals surface area contributed by atoms with E-state index in [0.717, 1.165) is 32.6 Å². The third-order valence-corrected chi connectivity index (χ3v) is 3.13. The van der Waals surface area contributed by atoms with Crippen LogP contribution in [0.1, 0.15) is 34.1 Å². The van der Waals surface area contributed by atoms with Crippen LogP contribution < -0.4 is 11.3 Å². The van der Waals surface area contributed by atoms with Crippen LogP contribution in [-0.2, 0) is 6.54 Å². The molecule has 0 saturated carbocycles. The van der Waals surface area contributed by atoms with Gasteiger partial charge in [0.25, 0.3) is 5.56 Å². The number of rotatable bonds is 8. The van der Waals surface area contributed by atoms with Gasteiger partial charge in [0.2, 0.25) is 0 Å². The fourth-order valence-electron chi connectivity index (χ4n) is 2.48. The molecule has 1 heterocycles. The van der Waals surface area contributed by atoms with Crippen molar-refractivity contribution in [3.63, 3.8) is 0 Å². The first-order valence-electron chi connectivity index (χ1n) is 7.56. The van der Waals surface area contributed by atoms with Crippen LogP contribution in [0.5, 0.6) is 0 Å². The highest BCUT2D eigenvalue weighted by Crippen LogP contribution is 2.05. The third-order valence-electron chi connectivity index (χ3n) is 3.13. The molecule has 0 unspecified atom stereocenters. The van der Waals surface area contributed by atoms with E-state index in [1.165, 1.54) is 6.07 Å². The molecule has 0 aliphatic rings. The Morgan fingerprint density at radius 3 is 2.30 bits per heavy atom. The number of anilines is 1. The molecule has 0 aliphatic carbocycles. The second-order valence-electron chi connectivity index (χ2n) is 6.39. The summed E-state index contributed by atoms with van der Waals surface area (Å²) >= 11 is 0. The van der Waals surface area contributed by atoms with Crippen molar-refractivity contribution >= 4 is 5.69 Å². The molecule has 1 rings (SSSR count). The van der Waals surface area contributed by atoms with Crippen LogP contribution in [0.25, 0.3) is 0 Å². The zero-order valence-corrected chi connectivity index (χ0v) is 13.3. The summed E-state index contributed by atoms with van der Waals surface area (Å²) in [6, 6.07) is 3.19. The van der Waals surface area contributed by atoms with E-state index in [9.17, 15) is 4.79 Å². The smallest absolute Gasteiger partial charge is 0.250 e. The van der Waals surface area contributed by atoms with E-state index < -0.39 is 0 Å². The Kier molecular flexibility index (Phi) is 6.79. The molecular weight excluding hydrogens is 250 g/mol. The molecule has 1 aromatic heterocycles. The van der Waals surface area contributed by atoms with Gasteiger partial charge in [0, 0.05) is 37.6 Å². The van der Waals surface area contributed by atoms with Gasteiger partial charge in [-0.1, -0.05) is 27.7 Å². The summed E-state index contributed by atoms with van der Waals surface area (Å²) < 4.78 is 1.71. The summed E-state index contributed by atoms with van der Waals surface area (Å²) in [6.45, 7) is 13.0. The van der Waals surface area contributed by atoms with Crippen molar-refractivity contribution in [2.45, 2.75) is 40.7 Å². The van der Waals surface area contributed by atoms with Crippen molar-refractivity contribution in [3.05, 3.63) is 28.7 Å². The maximum Gasteiger partial charge on any atom is 0.250 e. The highest BCUT2D eigenvalue weighted by Gasteiger charge is 2.09. The van der Waals surface area contributed by atoms with Crippen LogP contribution in [0, 0.1) is 11.8 Å². The van der Waals surface area contributed by atoms with E-state index in [0.29, 0.717) is 17.5 Å². The normalized spacial score (nSPS) is 11.8. The van der Waals surface area contributed by atoms with E-state index in [1.54, 1.807) is 16.8 Å². The van der Waals surface area contributed by atoms with E-state index in [2.05, 4.69) is 32.6 Å². The van der Waals surface area contributed by atoms with Gasteiger partial charge in [-0.2, -0.15) is 0 Å². The van der Waals surface area contributed by atoms with Crippen molar-refractivity contribution < 1.29 is 0 Å². The average Bonchev–Trinajstić information content (AvgIpc) is 2.32. The van der Waals surface area contributed by atoms with Gasteiger partial charge in [0.15, 0.2) is 0 Å². The van der Waals surface area contributed by atoms with Gasteiger partial charge in [-0.05, 0) is 30.9 Å². The number of nitrogens with zero attached hydrogens (tertiary/aromatic N) is 2. The molecule has 20 heavy (non-hydrogen) atoms. The van der Waals surface area contributed by atoms with Gasteiger partial charge < -0.3 is 15.2 Å². The largest absolute Gasteiger partial charge is 0.398 e. The Hall–Kier alpha value is -1.29. The second-order valence-corrected chi connectivity index (χ2v) is 6.39. The molecule has 0 radical (unpaired) electrons. The molecule has 4 nitrogen and oxygen atoms in total. The fraction of sp³-hybridized carbons (Fsp3) is 0.688. The zero-order chi connectivity index (χ0) is 15.1. The zero-order valence-electron chi connectivity index (χ0n) is 13.3. The molecule has 114 valence electrons. The van der Waals surface area contributed by atoms with E-state index >= 15 is 0 Å². The topological polar surface area (TPSA) is 51.3 Å². The summed E-state index contributed by atoms with van der Waals surface area (Å²) in [6.07, 6.45) is 2.71. The standard InChI is InChI=1S/C16H29N3O/c1-13(2)10-18(11-14(3)4)8-5-9-19-12-15(17)6-7-16(19)20/h6-7,12-14H,5,8-11,17H2,1-4H3. The second kappa shape index (κ2) is 8.10. The molecule has 0 aliphatic heterocycles. The Labute approximate surface area is 122 Å². The van der Waals surface area contributed by atoms with Crippen molar-refractivity contribution in [3.8, 4) is 0 Å². The monoisotopic (exact) mass is 279 g/mol. The molecule has 0 saturated heterocycles. The molecule has 2 N–H and O–H groups in total. The number of pyridine rings is 1. The van der Waals surface area contributed by atoms with Gasteiger partial charge in [-0.3, -0.25) is 4.79 Å². The lowest BCUT2D eigenvalue weighted by Gasteiger charge is -2.26. The average molecular weight is 279 g/mol. The summed E-state index contributed by atoms with van der Waals surface area (Å²) in [5.74, 6) is 1.34. The molecule has 0 bridgehead atoms. The molecule has 0 fully saturated rings. The van der Waals surface area contributed by atoms with Crippen molar-refractivity contribution in [2.75, 3.05) is 25.4 Å². The number of nitrogens with two attached hydrogens (primary N) is 1. The molecular formula is C16H29N3O. The molecule has 4 heteroatoms. The predicted octanol–water partition coefficient (Wildman–Crippen LogP) is 2.43. The van der Waals surface area contributed by atoms with E-state index in [1.807, 2.05) is 0 Å². The highest BCUT2D eigenvalue weighted by molar-refractivity contribution is 5.33. The van der Waals surface area contributed by atoms with Crippen LogP contribution in [0.15, 0.2) is 23.1 Å². The minimum Gasteiger partial charge on any atom is -0.398 e. The van der Waals surface area contributed by atoms with Crippen molar-refractivity contribution in [1.29, 1.82) is 0 Å². The number of hydrogen-bond donors (Lipinski definition) is 1. The quantitative estimate of drug-likeness (QED) is 0.795. The Bertz CT molecular complexity index is 441. The SMILES string of the molecule is CC(C)CN(CCCn1cc(N)ccc1=O)CC(C)C. The minimum atomic E-state index is 0.0264. The van der Waals surface area contributed by atoms with Gasteiger partial charge in [-0.25, -0.2) is 0 Å². The van der Waals surface area contributed by atoms with Gasteiger partial charge in [0.05, 0.1) is 0 Å². The van der Waals surface area contributed by atoms with Gasteiger partial charge >= 0.3 is 0 Å². The molecule has 0 amide bonds. The molecule has 1 aromatic rings. The fourth-order valence-corrected chi connectivity index (χ4v) is 2.48. The Morgan fingerprint density at radius 2 is 1.75 bits per heavy atom. The Morgan fingerprint density at radius 1 is 1.15 bits per heavy atom. The van der Waals surface area contributed by atoms with Crippen molar-refractivity contribution in [2.24, 2.45) is 11.8 Å². The van der Waals surface area contributed by atoms with E-state index in [4.69, 9.17) is 5.73 Å². The lowest BCUT2D eigenvalue weighted by atomic mass is 10.1. The van der Waals surface area contributed by atoms with Crippen LogP contribution in [-0.4, -0.2) is 29.1 Å². The van der Waals surface area contributed by atoms with Crippen LogP contribution in [0.2, 0.25) is 0 Å². The maximum absolute atomic E-state index is 11.7. The molecule has 0 atom stereocenters. The predicted molar refractivity (Wildman–Crippen MR) is 85.8 cm³/mol. The summed E-state index contributed by atoms with van der Waals surface area (Å²) in [5.41, 5.74) is 6.39. The Balaban J connectivity index is 2.50. The van der Waals surface area contributed by atoms with Gasteiger partial charge in [0.1, 0.15) is 0 Å². The number of hydrogen-bond acceptors (Lipinski definition) is 3. The van der Waals surface area contributed by atoms with Crippen LogP contribution >= 0.6 is 0 Å². The van der Waals surface area contributed by atoms with Gasteiger partial charge in [-0.15, -0.1) is 0 Å². The number of aryl methyl sites for hydroxylation is 1. The number of nitrogen functional groups attached to an aromatic ring is 1. The van der Waals surface area contributed by atoms with Crippen molar-refractivity contribution in [1.82, 2.24) is 9.47 Å². The third kappa shape index (κ3) is 6.24. The minimum absolute atomic E-state index is 0.0264. The van der Waals surface area contributed by atoms with Crippen LogP contribution in [0.3, 0.4) is 0 Å². The summed E-state index contributed by atoms with van der Waals surface area (Å²) in [7, 11) is 0. The first kappa shape index (κ1) is 16.8. The molecule has 0 aromatic carbocycles. The summed E-state index contributed by atoms with van der Waals surface area (Å²) in [4.78, 5) is 14.2. The first-order chi connectivity index (χ1) is 9.38. The number of aromatic nitrogens is 1. The van der Waals surface area contributed by atoms with E-state index in [-0.39, 0.29) is 5.56 Å². The lowest BCUT2D eigenvalue weighted by Crippen LogP contribution is -2.33. The van der Waals surface area contributed by atoms with Crippen LogP contribution in [0.4, 0.5) is 5.69 Å². The lowest BCUT2D eigenvalue weighted by molar-refractivity contribution is 0.213.